The summed E-state index contributed by atoms with van der Waals surface area (Å²) >= 11 is 0. The first-order chi connectivity index (χ1) is 11.9. The fourth-order valence-corrected chi connectivity index (χ4v) is 3.79. The van der Waals surface area contributed by atoms with Gasteiger partial charge < -0.3 is 9.47 Å². The van der Waals surface area contributed by atoms with Crippen LogP contribution in [-0.4, -0.2) is 46.8 Å². The molecule has 2 aliphatic rings. The molecule has 0 aromatic carbocycles. The average Bonchev–Trinajstić information content (AvgIpc) is 3.06. The van der Waals surface area contributed by atoms with E-state index in [-0.39, 0.29) is 0 Å². The van der Waals surface area contributed by atoms with Crippen LogP contribution in [0.1, 0.15) is 18.5 Å². The first-order valence-electron chi connectivity index (χ1n) is 8.68. The van der Waals surface area contributed by atoms with Crippen molar-refractivity contribution in [1.29, 1.82) is 0 Å². The second-order valence-electron chi connectivity index (χ2n) is 6.58. The molecule has 5 nitrogen and oxygen atoms in total. The van der Waals surface area contributed by atoms with Crippen molar-refractivity contribution in [3.8, 4) is 5.88 Å². The molecule has 4 rings (SSSR count). The summed E-state index contributed by atoms with van der Waals surface area (Å²) in [6.07, 6.45) is 6.13. The molecule has 126 valence electrons. The molecule has 3 atom stereocenters. The van der Waals surface area contributed by atoms with E-state index in [9.17, 15) is 0 Å². The molecule has 1 aliphatic carbocycles. The zero-order valence-corrected chi connectivity index (χ0v) is 13.8. The van der Waals surface area contributed by atoms with Gasteiger partial charge >= 0.3 is 0 Å². The number of hydrogen-bond acceptors (Lipinski definition) is 5. The van der Waals surface area contributed by atoms with Crippen LogP contribution in [0.3, 0.4) is 0 Å². The van der Waals surface area contributed by atoms with Crippen LogP contribution in [0.5, 0.6) is 5.88 Å². The minimum atomic E-state index is 0.319. The van der Waals surface area contributed by atoms with E-state index in [0.717, 1.165) is 38.2 Å². The first-order valence-corrected chi connectivity index (χ1v) is 8.68. The van der Waals surface area contributed by atoms with Gasteiger partial charge in [-0.15, -0.1) is 0 Å². The number of morpholine rings is 1. The Morgan fingerprint density at radius 3 is 2.75 bits per heavy atom. The van der Waals surface area contributed by atoms with Gasteiger partial charge in [0.2, 0.25) is 5.88 Å². The van der Waals surface area contributed by atoms with Gasteiger partial charge in [-0.25, -0.2) is 4.98 Å². The summed E-state index contributed by atoms with van der Waals surface area (Å²) in [7, 11) is 0. The highest BCUT2D eigenvalue weighted by Gasteiger charge is 2.41. The normalized spacial score (nSPS) is 26.9. The van der Waals surface area contributed by atoms with Crippen LogP contribution in [-0.2, 0) is 11.3 Å². The summed E-state index contributed by atoms with van der Waals surface area (Å²) in [5, 5.41) is 0. The molecule has 2 fully saturated rings. The molecule has 2 aromatic rings. The number of hydrogen-bond donors (Lipinski definition) is 0. The second kappa shape index (κ2) is 7.28. The van der Waals surface area contributed by atoms with Crippen LogP contribution in [0.25, 0.3) is 0 Å². The summed E-state index contributed by atoms with van der Waals surface area (Å²) in [4.78, 5) is 11.2. The van der Waals surface area contributed by atoms with Gasteiger partial charge in [-0.1, -0.05) is 12.1 Å². The van der Waals surface area contributed by atoms with Crippen molar-refractivity contribution in [1.82, 2.24) is 14.9 Å². The summed E-state index contributed by atoms with van der Waals surface area (Å²) in [5.74, 6) is 1.23. The number of rotatable bonds is 5. The van der Waals surface area contributed by atoms with Crippen molar-refractivity contribution in [2.75, 3.05) is 19.8 Å². The van der Waals surface area contributed by atoms with Gasteiger partial charge in [0.1, 0.15) is 0 Å². The van der Waals surface area contributed by atoms with Crippen LogP contribution in [0.4, 0.5) is 0 Å². The van der Waals surface area contributed by atoms with E-state index in [1.807, 2.05) is 30.5 Å². The minimum absolute atomic E-state index is 0.319. The molecule has 3 heterocycles. The quantitative estimate of drug-likeness (QED) is 0.845. The second-order valence-corrected chi connectivity index (χ2v) is 6.58. The molecule has 1 aliphatic heterocycles. The molecule has 0 spiro atoms. The summed E-state index contributed by atoms with van der Waals surface area (Å²) in [6, 6.07) is 12.4. The monoisotopic (exact) mass is 325 g/mol. The molecular formula is C19H23N3O2. The number of aromatic nitrogens is 2. The Kier molecular flexibility index (Phi) is 4.71. The Hall–Kier alpha value is -1.98. The molecule has 0 bridgehead atoms. The van der Waals surface area contributed by atoms with Crippen LogP contribution < -0.4 is 4.74 Å². The van der Waals surface area contributed by atoms with Crippen LogP contribution >= 0.6 is 0 Å². The van der Waals surface area contributed by atoms with E-state index < -0.39 is 0 Å². The van der Waals surface area contributed by atoms with Gasteiger partial charge in [0, 0.05) is 37.6 Å². The van der Waals surface area contributed by atoms with Crippen molar-refractivity contribution in [2.24, 2.45) is 5.92 Å². The molecule has 2 aromatic heterocycles. The third-order valence-corrected chi connectivity index (χ3v) is 4.94. The lowest BCUT2D eigenvalue weighted by atomic mass is 10.1. The summed E-state index contributed by atoms with van der Waals surface area (Å²) < 4.78 is 11.9. The number of ether oxygens (including phenoxy) is 2. The molecule has 0 amide bonds. The lowest BCUT2D eigenvalue weighted by Gasteiger charge is -2.37. The van der Waals surface area contributed by atoms with Gasteiger partial charge in [-0.05, 0) is 37.0 Å². The highest BCUT2D eigenvalue weighted by molar-refractivity contribution is 5.09. The third kappa shape index (κ3) is 3.57. The minimum Gasteiger partial charge on any atom is -0.477 e. The van der Waals surface area contributed by atoms with E-state index in [0.29, 0.717) is 30.6 Å². The van der Waals surface area contributed by atoms with Crippen molar-refractivity contribution in [3.05, 3.63) is 54.5 Å². The fraction of sp³-hybridized carbons (Fsp3) is 0.474. The van der Waals surface area contributed by atoms with Gasteiger partial charge in [-0.3, -0.25) is 9.88 Å². The highest BCUT2D eigenvalue weighted by atomic mass is 16.5. The average molecular weight is 325 g/mol. The Labute approximate surface area is 142 Å². The van der Waals surface area contributed by atoms with E-state index in [1.54, 1.807) is 6.20 Å². The lowest BCUT2D eigenvalue weighted by molar-refractivity contribution is -0.0594. The zero-order chi connectivity index (χ0) is 16.2. The molecule has 0 N–H and O–H groups in total. The third-order valence-electron chi connectivity index (χ3n) is 4.94. The molecule has 0 radical (unpaired) electrons. The SMILES string of the molecule is c1ccc(CN2CCOC3CC(COc4ccccn4)CC32)nc1. The Morgan fingerprint density at radius 2 is 1.96 bits per heavy atom. The molecule has 3 unspecified atom stereocenters. The molecule has 1 saturated heterocycles. The summed E-state index contributed by atoms with van der Waals surface area (Å²) in [6.45, 7) is 3.40. The molecule has 5 heteroatoms. The Morgan fingerprint density at radius 1 is 1.08 bits per heavy atom. The maximum atomic E-state index is 6.02. The van der Waals surface area contributed by atoms with Crippen LogP contribution in [0.2, 0.25) is 0 Å². The van der Waals surface area contributed by atoms with Crippen molar-refractivity contribution in [2.45, 2.75) is 31.5 Å². The fourth-order valence-electron chi connectivity index (χ4n) is 3.79. The van der Waals surface area contributed by atoms with Crippen molar-refractivity contribution >= 4 is 0 Å². The predicted octanol–water partition coefficient (Wildman–Crippen LogP) is 2.54. The molecule has 1 saturated carbocycles. The largest absolute Gasteiger partial charge is 0.477 e. The maximum Gasteiger partial charge on any atom is 0.213 e. The smallest absolute Gasteiger partial charge is 0.213 e. The Bertz CT molecular complexity index is 638. The van der Waals surface area contributed by atoms with E-state index in [4.69, 9.17) is 9.47 Å². The predicted molar refractivity (Wildman–Crippen MR) is 90.6 cm³/mol. The summed E-state index contributed by atoms with van der Waals surface area (Å²) in [5.41, 5.74) is 1.13. The maximum absolute atomic E-state index is 6.02. The van der Waals surface area contributed by atoms with Gasteiger partial charge in [0.15, 0.2) is 0 Å². The van der Waals surface area contributed by atoms with Crippen molar-refractivity contribution < 1.29 is 9.47 Å². The van der Waals surface area contributed by atoms with Gasteiger partial charge in [-0.2, -0.15) is 0 Å². The van der Waals surface area contributed by atoms with Gasteiger partial charge in [0.05, 0.1) is 25.0 Å². The lowest BCUT2D eigenvalue weighted by Crippen LogP contribution is -2.47. The first kappa shape index (κ1) is 15.5. The van der Waals surface area contributed by atoms with Gasteiger partial charge in [0.25, 0.3) is 0 Å². The van der Waals surface area contributed by atoms with E-state index in [2.05, 4.69) is 27.0 Å². The number of fused-ring (bicyclic) bond motifs is 1. The van der Waals surface area contributed by atoms with Crippen LogP contribution in [0.15, 0.2) is 48.8 Å². The highest BCUT2D eigenvalue weighted by Crippen LogP contribution is 2.35. The van der Waals surface area contributed by atoms with E-state index >= 15 is 0 Å². The molecular weight excluding hydrogens is 302 g/mol. The van der Waals surface area contributed by atoms with E-state index in [1.165, 1.54) is 0 Å². The Balaban J connectivity index is 1.35. The standard InChI is InChI=1S/C19H23N3O2/c1-3-7-20-16(5-1)13-22-9-10-23-18-12-15(11-17(18)22)14-24-19-6-2-4-8-21-19/h1-8,15,17-18H,9-14H2. The van der Waals surface area contributed by atoms with Crippen molar-refractivity contribution in [3.63, 3.8) is 0 Å². The number of pyridine rings is 2. The topological polar surface area (TPSA) is 47.5 Å². The van der Waals surface area contributed by atoms with Crippen LogP contribution in [0, 0.1) is 5.92 Å². The molecule has 24 heavy (non-hydrogen) atoms. The number of nitrogens with zero attached hydrogens (tertiary/aromatic N) is 3. The zero-order valence-electron chi connectivity index (χ0n) is 13.8.